The minimum atomic E-state index is 0.563. The monoisotopic (exact) mass is 325 g/mol. The summed E-state index contributed by atoms with van der Waals surface area (Å²) in [5.74, 6) is 3.37. The molecule has 0 radical (unpaired) electrons. The van der Waals surface area contributed by atoms with Crippen LogP contribution in [0.1, 0.15) is 6.42 Å². The molecule has 2 atom stereocenters. The molecule has 2 aliphatic rings. The molecular weight excluding hydrogens is 302 g/mol. The zero-order valence-corrected chi connectivity index (χ0v) is 14.0. The summed E-state index contributed by atoms with van der Waals surface area (Å²) in [6, 6.07) is 8.71. The highest BCUT2D eigenvalue weighted by molar-refractivity contribution is 7.99. The second-order valence-electron chi connectivity index (χ2n) is 5.90. The highest BCUT2D eigenvalue weighted by Crippen LogP contribution is 2.30. The standard InChI is InChI=1S/C16H24ClN3S/c17-14-3-1-2-4-15(14)19-6-8-20(9-7-19)16(11-18)13-5-10-21-12-13/h1-4,13,16H,5-12,18H2. The smallest absolute Gasteiger partial charge is 0.0639 e. The van der Waals surface area contributed by atoms with Gasteiger partial charge in [0, 0.05) is 38.8 Å². The van der Waals surface area contributed by atoms with Crippen LogP contribution in [0.5, 0.6) is 0 Å². The van der Waals surface area contributed by atoms with Gasteiger partial charge >= 0.3 is 0 Å². The van der Waals surface area contributed by atoms with E-state index in [1.54, 1.807) is 0 Å². The molecule has 2 saturated heterocycles. The number of hydrogen-bond acceptors (Lipinski definition) is 4. The van der Waals surface area contributed by atoms with Crippen molar-refractivity contribution in [3.05, 3.63) is 29.3 Å². The van der Waals surface area contributed by atoms with Gasteiger partial charge in [-0.15, -0.1) is 0 Å². The number of anilines is 1. The zero-order chi connectivity index (χ0) is 14.7. The summed E-state index contributed by atoms with van der Waals surface area (Å²) in [7, 11) is 0. The molecule has 0 saturated carbocycles. The number of nitrogens with zero attached hydrogens (tertiary/aromatic N) is 2. The normalized spacial score (nSPS) is 25.2. The Labute approximate surface area is 136 Å². The quantitative estimate of drug-likeness (QED) is 0.922. The van der Waals surface area contributed by atoms with Crippen LogP contribution in [0.3, 0.4) is 0 Å². The molecule has 2 unspecified atom stereocenters. The highest BCUT2D eigenvalue weighted by atomic mass is 35.5. The lowest BCUT2D eigenvalue weighted by Crippen LogP contribution is -2.54. The molecule has 0 amide bonds. The van der Waals surface area contributed by atoms with Crippen LogP contribution in [-0.4, -0.2) is 55.2 Å². The summed E-state index contributed by atoms with van der Waals surface area (Å²) in [6.07, 6.45) is 1.33. The first-order valence-corrected chi connectivity index (χ1v) is 9.34. The maximum absolute atomic E-state index is 6.31. The van der Waals surface area contributed by atoms with E-state index in [9.17, 15) is 0 Å². The van der Waals surface area contributed by atoms with Crippen LogP contribution in [0, 0.1) is 5.92 Å². The van der Waals surface area contributed by atoms with Crippen molar-refractivity contribution in [1.82, 2.24) is 4.90 Å². The molecule has 2 N–H and O–H groups in total. The SMILES string of the molecule is NCC(C1CCSC1)N1CCN(c2ccccc2Cl)CC1. The van der Waals surface area contributed by atoms with Crippen LogP contribution < -0.4 is 10.6 Å². The second kappa shape index (κ2) is 7.23. The first kappa shape index (κ1) is 15.5. The van der Waals surface area contributed by atoms with Crippen LogP contribution in [0.25, 0.3) is 0 Å². The Morgan fingerprint density at radius 1 is 1.24 bits per heavy atom. The average molecular weight is 326 g/mol. The lowest BCUT2D eigenvalue weighted by molar-refractivity contribution is 0.146. The number of hydrogen-bond donors (Lipinski definition) is 1. The van der Waals surface area contributed by atoms with E-state index in [4.69, 9.17) is 17.3 Å². The number of benzene rings is 1. The van der Waals surface area contributed by atoms with Gasteiger partial charge < -0.3 is 10.6 Å². The van der Waals surface area contributed by atoms with Gasteiger partial charge in [-0.05, 0) is 36.0 Å². The topological polar surface area (TPSA) is 32.5 Å². The summed E-state index contributed by atoms with van der Waals surface area (Å²) in [5.41, 5.74) is 7.23. The Morgan fingerprint density at radius 3 is 2.62 bits per heavy atom. The van der Waals surface area contributed by atoms with Crippen molar-refractivity contribution in [1.29, 1.82) is 0 Å². The van der Waals surface area contributed by atoms with Crippen LogP contribution in [-0.2, 0) is 0 Å². The fourth-order valence-electron chi connectivity index (χ4n) is 3.50. The van der Waals surface area contributed by atoms with Gasteiger partial charge in [-0.25, -0.2) is 0 Å². The molecule has 2 aliphatic heterocycles. The summed E-state index contributed by atoms with van der Waals surface area (Å²) in [6.45, 7) is 5.06. The largest absolute Gasteiger partial charge is 0.368 e. The summed E-state index contributed by atoms with van der Waals surface area (Å²) in [4.78, 5) is 5.00. The summed E-state index contributed by atoms with van der Waals surface area (Å²) in [5, 5.41) is 0.855. The Bertz CT molecular complexity index is 457. The molecule has 2 fully saturated rings. The number of piperazine rings is 1. The average Bonchev–Trinajstić information content (AvgIpc) is 3.04. The van der Waals surface area contributed by atoms with Crippen LogP contribution in [0.2, 0.25) is 5.02 Å². The van der Waals surface area contributed by atoms with Gasteiger partial charge in [0.25, 0.3) is 0 Å². The van der Waals surface area contributed by atoms with Crippen molar-refractivity contribution in [2.24, 2.45) is 11.7 Å². The van der Waals surface area contributed by atoms with Crippen molar-refractivity contribution in [3.63, 3.8) is 0 Å². The molecular formula is C16H24ClN3S. The van der Waals surface area contributed by atoms with Gasteiger partial charge in [-0.3, -0.25) is 4.90 Å². The Balaban J connectivity index is 1.60. The van der Waals surface area contributed by atoms with E-state index in [2.05, 4.69) is 33.7 Å². The van der Waals surface area contributed by atoms with Gasteiger partial charge in [0.05, 0.1) is 10.7 Å². The number of rotatable bonds is 4. The molecule has 3 rings (SSSR count). The van der Waals surface area contributed by atoms with Crippen LogP contribution >= 0.6 is 23.4 Å². The van der Waals surface area contributed by atoms with Gasteiger partial charge in [0.1, 0.15) is 0 Å². The van der Waals surface area contributed by atoms with Gasteiger partial charge in [0.2, 0.25) is 0 Å². The van der Waals surface area contributed by atoms with Crippen molar-refractivity contribution >= 4 is 29.1 Å². The van der Waals surface area contributed by atoms with Crippen molar-refractivity contribution in [2.45, 2.75) is 12.5 Å². The molecule has 5 heteroatoms. The Hall–Kier alpha value is -0.420. The third kappa shape index (κ3) is 3.50. The Morgan fingerprint density at radius 2 is 2.00 bits per heavy atom. The number of halogens is 1. The van der Waals surface area contributed by atoms with E-state index in [0.29, 0.717) is 6.04 Å². The van der Waals surface area contributed by atoms with Crippen molar-refractivity contribution in [3.8, 4) is 0 Å². The number of para-hydroxylation sites is 1. The van der Waals surface area contributed by atoms with E-state index < -0.39 is 0 Å². The number of nitrogens with two attached hydrogens (primary N) is 1. The maximum Gasteiger partial charge on any atom is 0.0639 e. The first-order valence-electron chi connectivity index (χ1n) is 7.81. The summed E-state index contributed by atoms with van der Waals surface area (Å²) >= 11 is 8.39. The number of thioether (sulfide) groups is 1. The molecule has 21 heavy (non-hydrogen) atoms. The molecule has 2 heterocycles. The summed E-state index contributed by atoms with van der Waals surface area (Å²) < 4.78 is 0. The minimum absolute atomic E-state index is 0.563. The van der Waals surface area contributed by atoms with Crippen molar-refractivity contribution in [2.75, 3.05) is 49.1 Å². The predicted molar refractivity (Wildman–Crippen MR) is 93.5 cm³/mol. The molecule has 0 aromatic heterocycles. The van der Waals surface area contributed by atoms with E-state index in [-0.39, 0.29) is 0 Å². The fraction of sp³-hybridized carbons (Fsp3) is 0.625. The highest BCUT2D eigenvalue weighted by Gasteiger charge is 2.31. The van der Waals surface area contributed by atoms with Crippen LogP contribution in [0.15, 0.2) is 24.3 Å². The van der Waals surface area contributed by atoms with E-state index >= 15 is 0 Å². The fourth-order valence-corrected chi connectivity index (χ4v) is 5.08. The molecule has 1 aromatic carbocycles. The van der Waals surface area contributed by atoms with E-state index in [1.807, 2.05) is 12.1 Å². The second-order valence-corrected chi connectivity index (χ2v) is 7.46. The molecule has 1 aromatic rings. The Kier molecular flexibility index (Phi) is 5.33. The third-order valence-corrected chi connectivity index (χ3v) is 6.23. The zero-order valence-electron chi connectivity index (χ0n) is 12.4. The van der Waals surface area contributed by atoms with E-state index in [0.717, 1.165) is 43.7 Å². The first-order chi connectivity index (χ1) is 10.3. The van der Waals surface area contributed by atoms with Gasteiger partial charge in [-0.1, -0.05) is 23.7 Å². The van der Waals surface area contributed by atoms with E-state index in [1.165, 1.54) is 23.6 Å². The minimum Gasteiger partial charge on any atom is -0.368 e. The van der Waals surface area contributed by atoms with Gasteiger partial charge in [-0.2, -0.15) is 11.8 Å². The van der Waals surface area contributed by atoms with Crippen molar-refractivity contribution < 1.29 is 0 Å². The molecule has 0 aliphatic carbocycles. The van der Waals surface area contributed by atoms with Crippen LogP contribution in [0.4, 0.5) is 5.69 Å². The lowest BCUT2D eigenvalue weighted by Gasteiger charge is -2.42. The molecule has 0 bridgehead atoms. The van der Waals surface area contributed by atoms with Gasteiger partial charge in [0.15, 0.2) is 0 Å². The third-order valence-electron chi connectivity index (χ3n) is 4.73. The molecule has 3 nitrogen and oxygen atoms in total. The lowest BCUT2D eigenvalue weighted by atomic mass is 9.97. The molecule has 0 spiro atoms. The predicted octanol–water partition coefficient (Wildman–Crippen LogP) is 2.54. The maximum atomic E-state index is 6.31. The molecule has 116 valence electrons.